The predicted molar refractivity (Wildman–Crippen MR) is 107 cm³/mol. The van der Waals surface area contributed by atoms with Gasteiger partial charge in [0, 0.05) is 29.3 Å². The second kappa shape index (κ2) is 7.96. The van der Waals surface area contributed by atoms with Crippen LogP contribution in [0.25, 0.3) is 22.2 Å². The molecular formula is C21H24FN5O. The van der Waals surface area contributed by atoms with Crippen LogP contribution in [0.15, 0.2) is 36.5 Å². The van der Waals surface area contributed by atoms with Gasteiger partial charge in [0.05, 0.1) is 5.52 Å². The molecule has 1 saturated carbocycles. The van der Waals surface area contributed by atoms with Gasteiger partial charge in [0.2, 0.25) is 0 Å². The van der Waals surface area contributed by atoms with Crippen molar-refractivity contribution in [3.8, 4) is 11.3 Å². The van der Waals surface area contributed by atoms with E-state index in [1.165, 1.54) is 44.2 Å². The monoisotopic (exact) mass is 381 g/mol. The van der Waals surface area contributed by atoms with Gasteiger partial charge < -0.3 is 5.32 Å². The number of halogens is 1. The quantitative estimate of drug-likeness (QED) is 0.604. The summed E-state index contributed by atoms with van der Waals surface area (Å²) < 4.78 is 13.1. The largest absolute Gasteiger partial charge is 0.335 e. The molecule has 2 amide bonds. The highest BCUT2D eigenvalue weighted by Gasteiger charge is 2.21. The van der Waals surface area contributed by atoms with E-state index in [9.17, 15) is 9.18 Å². The van der Waals surface area contributed by atoms with Gasteiger partial charge >= 0.3 is 6.03 Å². The van der Waals surface area contributed by atoms with Crippen molar-refractivity contribution in [2.24, 2.45) is 5.92 Å². The van der Waals surface area contributed by atoms with E-state index in [-0.39, 0.29) is 17.9 Å². The number of urea groups is 1. The Balaban J connectivity index is 1.44. The number of H-pyrrole nitrogens is 1. The first kappa shape index (κ1) is 18.4. The van der Waals surface area contributed by atoms with Crippen molar-refractivity contribution in [3.63, 3.8) is 0 Å². The van der Waals surface area contributed by atoms with Crippen LogP contribution in [0.4, 0.5) is 15.0 Å². The number of hydrogen-bond acceptors (Lipinski definition) is 3. The molecule has 3 aromatic rings. The first-order chi connectivity index (χ1) is 13.6. The molecule has 0 radical (unpaired) electrons. The SMILES string of the molecule is CC(NC(=O)Nc1cc2[nH]nc(-c3ccc(F)cc3)c2cn1)C1CCCCC1. The summed E-state index contributed by atoms with van der Waals surface area (Å²) in [6.07, 6.45) is 7.79. The van der Waals surface area contributed by atoms with E-state index < -0.39 is 0 Å². The first-order valence-corrected chi connectivity index (χ1v) is 9.78. The van der Waals surface area contributed by atoms with Crippen LogP contribution in [-0.2, 0) is 0 Å². The van der Waals surface area contributed by atoms with Crippen molar-refractivity contribution in [3.05, 3.63) is 42.3 Å². The molecule has 7 heteroatoms. The Morgan fingerprint density at radius 3 is 2.71 bits per heavy atom. The highest BCUT2D eigenvalue weighted by molar-refractivity contribution is 5.95. The molecule has 1 aliphatic rings. The highest BCUT2D eigenvalue weighted by Crippen LogP contribution is 2.28. The average molecular weight is 381 g/mol. The second-order valence-electron chi connectivity index (χ2n) is 7.48. The average Bonchev–Trinajstić information content (AvgIpc) is 3.12. The molecule has 4 rings (SSSR count). The second-order valence-corrected chi connectivity index (χ2v) is 7.48. The third-order valence-corrected chi connectivity index (χ3v) is 5.52. The van der Waals surface area contributed by atoms with Gasteiger partial charge in [-0.15, -0.1) is 0 Å². The van der Waals surface area contributed by atoms with E-state index in [2.05, 4.69) is 32.7 Å². The van der Waals surface area contributed by atoms with Crippen LogP contribution in [0.3, 0.4) is 0 Å². The van der Waals surface area contributed by atoms with Crippen LogP contribution < -0.4 is 10.6 Å². The van der Waals surface area contributed by atoms with Crippen LogP contribution >= 0.6 is 0 Å². The van der Waals surface area contributed by atoms with Gasteiger partial charge in [-0.25, -0.2) is 14.2 Å². The van der Waals surface area contributed by atoms with E-state index in [4.69, 9.17) is 0 Å². The van der Waals surface area contributed by atoms with E-state index in [0.717, 1.165) is 16.5 Å². The van der Waals surface area contributed by atoms with Crippen molar-refractivity contribution in [2.75, 3.05) is 5.32 Å². The summed E-state index contributed by atoms with van der Waals surface area (Å²) in [5, 5.41) is 13.9. The number of rotatable bonds is 4. The Bertz CT molecular complexity index is 963. The lowest BCUT2D eigenvalue weighted by Gasteiger charge is -2.28. The number of hydrogen-bond donors (Lipinski definition) is 3. The third-order valence-electron chi connectivity index (χ3n) is 5.52. The number of fused-ring (bicyclic) bond motifs is 1. The number of anilines is 1. The maximum atomic E-state index is 13.1. The van der Waals surface area contributed by atoms with Crippen molar-refractivity contribution in [1.82, 2.24) is 20.5 Å². The van der Waals surface area contributed by atoms with Crippen LogP contribution in [0.5, 0.6) is 0 Å². The van der Waals surface area contributed by atoms with E-state index in [0.29, 0.717) is 17.4 Å². The van der Waals surface area contributed by atoms with Gasteiger partial charge in [-0.3, -0.25) is 10.4 Å². The first-order valence-electron chi connectivity index (χ1n) is 9.78. The third kappa shape index (κ3) is 3.98. The lowest BCUT2D eigenvalue weighted by molar-refractivity contribution is 0.235. The Morgan fingerprint density at radius 1 is 1.21 bits per heavy atom. The number of nitrogens with zero attached hydrogens (tertiary/aromatic N) is 2. The summed E-state index contributed by atoms with van der Waals surface area (Å²) in [5.74, 6) is 0.706. The molecule has 1 aromatic carbocycles. The fourth-order valence-electron chi connectivity index (χ4n) is 3.92. The van der Waals surface area contributed by atoms with Crippen molar-refractivity contribution in [1.29, 1.82) is 0 Å². The Hall–Kier alpha value is -2.96. The summed E-state index contributed by atoms with van der Waals surface area (Å²) in [6.45, 7) is 2.07. The summed E-state index contributed by atoms with van der Waals surface area (Å²) in [5.41, 5.74) is 2.25. The van der Waals surface area contributed by atoms with Gasteiger partial charge in [-0.1, -0.05) is 19.3 Å². The lowest BCUT2D eigenvalue weighted by Crippen LogP contribution is -2.41. The summed E-state index contributed by atoms with van der Waals surface area (Å²) >= 11 is 0. The topological polar surface area (TPSA) is 82.7 Å². The van der Waals surface area contributed by atoms with Crippen molar-refractivity contribution >= 4 is 22.8 Å². The number of amides is 2. The van der Waals surface area contributed by atoms with Crippen molar-refractivity contribution in [2.45, 2.75) is 45.1 Å². The van der Waals surface area contributed by atoms with Crippen LogP contribution in [0.2, 0.25) is 0 Å². The molecule has 3 N–H and O–H groups in total. The maximum Gasteiger partial charge on any atom is 0.320 e. The van der Waals surface area contributed by atoms with Gasteiger partial charge in [0.25, 0.3) is 0 Å². The molecule has 0 aliphatic heterocycles. The van der Waals surface area contributed by atoms with Crippen LogP contribution in [0.1, 0.15) is 39.0 Å². The standard InChI is InChI=1S/C21H24FN5O/c1-13(14-5-3-2-4-6-14)24-21(28)25-19-11-18-17(12-23-19)20(27-26-18)15-7-9-16(22)10-8-15/h7-14H,2-6H2,1H3,(H,26,27)(H2,23,24,25,28). The molecule has 28 heavy (non-hydrogen) atoms. The zero-order valence-corrected chi connectivity index (χ0v) is 15.8. The minimum absolute atomic E-state index is 0.140. The smallest absolute Gasteiger partial charge is 0.320 e. The minimum atomic E-state index is -0.290. The van der Waals surface area contributed by atoms with Crippen molar-refractivity contribution < 1.29 is 9.18 Å². The molecule has 6 nitrogen and oxygen atoms in total. The van der Waals surface area contributed by atoms with Gasteiger partial charge in [-0.05, 0) is 49.9 Å². The van der Waals surface area contributed by atoms with E-state index in [1.807, 2.05) is 0 Å². The summed E-state index contributed by atoms with van der Waals surface area (Å²) in [6, 6.07) is 7.80. The number of aromatic amines is 1. The molecule has 0 bridgehead atoms. The maximum absolute atomic E-state index is 13.1. The van der Waals surface area contributed by atoms with Gasteiger partial charge in [0.1, 0.15) is 17.3 Å². The molecule has 1 atom stereocenters. The Labute approximate surface area is 162 Å². The normalized spacial score (nSPS) is 16.1. The predicted octanol–water partition coefficient (Wildman–Crippen LogP) is 4.85. The highest BCUT2D eigenvalue weighted by atomic mass is 19.1. The number of carbonyl (C=O) groups excluding carboxylic acids is 1. The summed E-state index contributed by atoms with van der Waals surface area (Å²) in [7, 11) is 0. The fraction of sp³-hybridized carbons (Fsp3) is 0.381. The molecule has 2 heterocycles. The molecule has 0 saturated heterocycles. The van der Waals surface area contributed by atoms with E-state index in [1.54, 1.807) is 24.4 Å². The minimum Gasteiger partial charge on any atom is -0.335 e. The lowest BCUT2D eigenvalue weighted by atomic mass is 9.85. The molecule has 0 spiro atoms. The van der Waals surface area contributed by atoms with E-state index >= 15 is 0 Å². The molecule has 146 valence electrons. The summed E-state index contributed by atoms with van der Waals surface area (Å²) in [4.78, 5) is 16.7. The zero-order chi connectivity index (χ0) is 19.5. The Morgan fingerprint density at radius 2 is 1.96 bits per heavy atom. The number of benzene rings is 1. The fourth-order valence-corrected chi connectivity index (χ4v) is 3.92. The molecule has 1 fully saturated rings. The molecule has 1 unspecified atom stereocenters. The van der Waals surface area contributed by atoms with Crippen LogP contribution in [0, 0.1) is 11.7 Å². The zero-order valence-electron chi connectivity index (χ0n) is 15.8. The number of carbonyl (C=O) groups is 1. The number of aromatic nitrogens is 3. The van der Waals surface area contributed by atoms with Gasteiger partial charge in [-0.2, -0.15) is 5.10 Å². The Kier molecular flexibility index (Phi) is 5.23. The molecular weight excluding hydrogens is 357 g/mol. The number of pyridine rings is 1. The molecule has 2 aromatic heterocycles. The molecule has 1 aliphatic carbocycles. The van der Waals surface area contributed by atoms with Crippen LogP contribution in [-0.4, -0.2) is 27.3 Å². The number of nitrogens with one attached hydrogen (secondary N) is 3. The van der Waals surface area contributed by atoms with Gasteiger partial charge in [0.15, 0.2) is 0 Å².